The van der Waals surface area contributed by atoms with Crippen molar-refractivity contribution in [2.24, 2.45) is 11.8 Å². The lowest BCUT2D eigenvalue weighted by Crippen LogP contribution is -2.43. The summed E-state index contributed by atoms with van der Waals surface area (Å²) < 4.78 is 4.91. The normalized spacial score (nSPS) is 20.9. The van der Waals surface area contributed by atoms with Crippen LogP contribution in [0.3, 0.4) is 0 Å². The zero-order valence-corrected chi connectivity index (χ0v) is 17.5. The molecule has 1 atom stereocenters. The zero-order chi connectivity index (χ0) is 20.1. The van der Waals surface area contributed by atoms with Crippen molar-refractivity contribution in [1.29, 1.82) is 0 Å². The summed E-state index contributed by atoms with van der Waals surface area (Å²) in [6.07, 6.45) is 3.73. The predicted molar refractivity (Wildman–Crippen MR) is 112 cm³/mol. The summed E-state index contributed by atoms with van der Waals surface area (Å²) in [6.45, 7) is 5.52. The Labute approximate surface area is 172 Å². The molecule has 0 aliphatic carbocycles. The molecule has 2 saturated heterocycles. The zero-order valence-electron chi connectivity index (χ0n) is 16.7. The van der Waals surface area contributed by atoms with Gasteiger partial charge in [0.2, 0.25) is 11.8 Å². The first-order chi connectivity index (χ1) is 13.5. The van der Waals surface area contributed by atoms with E-state index in [0.717, 1.165) is 30.9 Å². The first-order valence-electron chi connectivity index (χ1n) is 10.1. The van der Waals surface area contributed by atoms with Gasteiger partial charge in [0.05, 0.1) is 11.4 Å². The highest BCUT2D eigenvalue weighted by molar-refractivity contribution is 6.31. The molecule has 154 valence electrons. The van der Waals surface area contributed by atoms with Gasteiger partial charge in [-0.3, -0.25) is 9.59 Å². The van der Waals surface area contributed by atoms with Crippen LogP contribution in [-0.2, 0) is 14.3 Å². The maximum Gasteiger partial charge on any atom is 0.248 e. The van der Waals surface area contributed by atoms with Gasteiger partial charge in [-0.25, -0.2) is 0 Å². The number of hydrogen-bond acceptors (Lipinski definition) is 4. The van der Waals surface area contributed by atoms with Gasteiger partial charge >= 0.3 is 0 Å². The van der Waals surface area contributed by atoms with E-state index in [9.17, 15) is 9.59 Å². The molecule has 0 bridgehead atoms. The summed E-state index contributed by atoms with van der Waals surface area (Å²) in [5.41, 5.74) is 1.82. The number of likely N-dealkylation sites (tertiary alicyclic amines) is 1. The number of ether oxygens (including phenoxy) is 1. The van der Waals surface area contributed by atoms with E-state index < -0.39 is 0 Å². The van der Waals surface area contributed by atoms with Crippen molar-refractivity contribution in [2.45, 2.75) is 32.6 Å². The molecule has 1 aromatic carbocycles. The van der Waals surface area contributed by atoms with Crippen LogP contribution in [0.1, 0.15) is 32.6 Å². The van der Waals surface area contributed by atoms with Crippen LogP contribution < -0.4 is 10.2 Å². The number of anilines is 2. The molecule has 2 amide bonds. The summed E-state index contributed by atoms with van der Waals surface area (Å²) in [5.74, 6) is 0.533. The number of hydrogen-bond donors (Lipinski definition) is 1. The molecule has 1 N–H and O–H groups in total. The van der Waals surface area contributed by atoms with Crippen LogP contribution in [0.5, 0.6) is 0 Å². The quantitative estimate of drug-likeness (QED) is 0.812. The van der Waals surface area contributed by atoms with Crippen molar-refractivity contribution in [3.05, 3.63) is 23.2 Å². The van der Waals surface area contributed by atoms with Gasteiger partial charge in [0, 0.05) is 44.2 Å². The third-order valence-corrected chi connectivity index (χ3v) is 5.94. The van der Waals surface area contributed by atoms with Gasteiger partial charge in [-0.1, -0.05) is 18.5 Å². The molecule has 0 radical (unpaired) electrons. The maximum absolute atomic E-state index is 12.9. The Morgan fingerprint density at radius 3 is 2.64 bits per heavy atom. The van der Waals surface area contributed by atoms with Crippen LogP contribution in [0.15, 0.2) is 18.2 Å². The number of amides is 2. The fourth-order valence-corrected chi connectivity index (χ4v) is 4.31. The van der Waals surface area contributed by atoms with Crippen LogP contribution in [0.4, 0.5) is 11.4 Å². The number of benzene rings is 1. The molecule has 0 aromatic heterocycles. The highest BCUT2D eigenvalue weighted by Crippen LogP contribution is 2.33. The molecule has 0 saturated carbocycles. The molecule has 2 fully saturated rings. The monoisotopic (exact) mass is 407 g/mol. The minimum absolute atomic E-state index is 0.00687. The maximum atomic E-state index is 12.9. The number of piperidine rings is 2. The first-order valence-corrected chi connectivity index (χ1v) is 10.5. The topological polar surface area (TPSA) is 61.9 Å². The number of carbonyl (C=O) groups is 2. The van der Waals surface area contributed by atoms with E-state index in [1.54, 1.807) is 4.90 Å². The summed E-state index contributed by atoms with van der Waals surface area (Å²) in [6, 6.07) is 5.72. The fourth-order valence-electron chi connectivity index (χ4n) is 4.13. The molecule has 1 aromatic rings. The summed E-state index contributed by atoms with van der Waals surface area (Å²) >= 11 is 6.21. The second-order valence-electron chi connectivity index (χ2n) is 7.93. The largest absolute Gasteiger partial charge is 0.375 e. The highest BCUT2D eigenvalue weighted by atomic mass is 35.5. The van der Waals surface area contributed by atoms with E-state index in [1.807, 2.05) is 18.2 Å². The Hall–Kier alpha value is -1.79. The van der Waals surface area contributed by atoms with Gasteiger partial charge in [-0.2, -0.15) is 0 Å². The third kappa shape index (κ3) is 5.17. The van der Waals surface area contributed by atoms with Crippen LogP contribution in [0.2, 0.25) is 5.02 Å². The molecule has 1 unspecified atom stereocenters. The lowest BCUT2D eigenvalue weighted by atomic mass is 9.95. The van der Waals surface area contributed by atoms with Gasteiger partial charge in [0.25, 0.3) is 0 Å². The van der Waals surface area contributed by atoms with Crippen LogP contribution in [-0.4, -0.2) is 56.6 Å². The van der Waals surface area contributed by atoms with Crippen LogP contribution >= 0.6 is 11.6 Å². The fraction of sp³-hybridized carbons (Fsp3) is 0.619. The molecule has 28 heavy (non-hydrogen) atoms. The van der Waals surface area contributed by atoms with E-state index >= 15 is 0 Å². The lowest BCUT2D eigenvalue weighted by Gasteiger charge is -2.35. The van der Waals surface area contributed by atoms with E-state index in [1.165, 1.54) is 13.5 Å². The predicted octanol–water partition coefficient (Wildman–Crippen LogP) is 3.40. The van der Waals surface area contributed by atoms with E-state index in [4.69, 9.17) is 16.3 Å². The average molecular weight is 408 g/mol. The van der Waals surface area contributed by atoms with Crippen molar-refractivity contribution in [1.82, 2.24) is 4.90 Å². The highest BCUT2D eigenvalue weighted by Gasteiger charge is 2.28. The van der Waals surface area contributed by atoms with E-state index in [0.29, 0.717) is 36.9 Å². The lowest BCUT2D eigenvalue weighted by molar-refractivity contribution is -0.138. The number of halogens is 1. The minimum atomic E-state index is -0.0984. The number of carbonyl (C=O) groups excluding carboxylic acids is 2. The second-order valence-corrected chi connectivity index (χ2v) is 8.37. The Balaban J connectivity index is 1.64. The molecule has 0 spiro atoms. The molecule has 2 aliphatic rings. The smallest absolute Gasteiger partial charge is 0.248 e. The van der Waals surface area contributed by atoms with Crippen molar-refractivity contribution in [3.8, 4) is 0 Å². The number of rotatable bonds is 5. The van der Waals surface area contributed by atoms with Gasteiger partial charge in [-0.05, 0) is 49.8 Å². The summed E-state index contributed by atoms with van der Waals surface area (Å²) in [5, 5.41) is 3.72. The number of nitrogens with one attached hydrogen (secondary N) is 1. The SMILES string of the molecule is COCC(=O)N1CCC(C(=O)Nc2cc(Cl)ccc2N2CCCC(C)C2)CC1. The number of methoxy groups -OCH3 is 1. The Morgan fingerprint density at radius 1 is 1.21 bits per heavy atom. The van der Waals surface area contributed by atoms with Crippen molar-refractivity contribution in [2.75, 3.05) is 50.1 Å². The Kier molecular flexibility index (Phi) is 7.18. The average Bonchev–Trinajstić information content (AvgIpc) is 2.68. The summed E-state index contributed by atoms with van der Waals surface area (Å²) in [7, 11) is 1.52. The molecular weight excluding hydrogens is 378 g/mol. The van der Waals surface area contributed by atoms with Crippen molar-refractivity contribution >= 4 is 34.8 Å². The molecule has 3 rings (SSSR count). The second kappa shape index (κ2) is 9.61. The van der Waals surface area contributed by atoms with Gasteiger partial charge in [0.1, 0.15) is 6.61 Å². The number of nitrogens with zero attached hydrogens (tertiary/aromatic N) is 2. The Morgan fingerprint density at radius 2 is 1.96 bits per heavy atom. The minimum Gasteiger partial charge on any atom is -0.375 e. The summed E-state index contributed by atoms with van der Waals surface area (Å²) in [4.78, 5) is 28.9. The van der Waals surface area contributed by atoms with Gasteiger partial charge in [0.15, 0.2) is 0 Å². The first kappa shape index (κ1) is 20.9. The van der Waals surface area contributed by atoms with E-state index in [2.05, 4.69) is 17.1 Å². The molecule has 6 nitrogen and oxygen atoms in total. The molecular formula is C21H30ClN3O3. The van der Waals surface area contributed by atoms with Crippen molar-refractivity contribution < 1.29 is 14.3 Å². The molecule has 2 aliphatic heterocycles. The standard InChI is InChI=1S/C21H30ClN3O3/c1-15-4-3-9-25(13-15)19-6-5-17(22)12-18(19)23-21(27)16-7-10-24(11-8-16)20(26)14-28-2/h5-6,12,15-16H,3-4,7-11,13-14H2,1-2H3,(H,23,27). The van der Waals surface area contributed by atoms with Crippen LogP contribution in [0, 0.1) is 11.8 Å². The van der Waals surface area contributed by atoms with Crippen LogP contribution in [0.25, 0.3) is 0 Å². The van der Waals surface area contributed by atoms with Crippen molar-refractivity contribution in [3.63, 3.8) is 0 Å². The third-order valence-electron chi connectivity index (χ3n) is 5.70. The van der Waals surface area contributed by atoms with E-state index in [-0.39, 0.29) is 24.3 Å². The van der Waals surface area contributed by atoms with Gasteiger partial charge in [-0.15, -0.1) is 0 Å². The molecule has 7 heteroatoms. The van der Waals surface area contributed by atoms with Gasteiger partial charge < -0.3 is 19.9 Å². The molecule has 2 heterocycles. The Bertz CT molecular complexity index is 704.